The molecule has 1 aromatic rings. The van der Waals surface area contributed by atoms with Crippen LogP contribution < -0.4 is 0 Å². The summed E-state index contributed by atoms with van der Waals surface area (Å²) in [6.07, 6.45) is 0.909. The number of hydrogen-bond acceptors (Lipinski definition) is 1. The molecule has 0 N–H and O–H groups in total. The largest absolute Gasteiger partial charge is 0.299 e. The van der Waals surface area contributed by atoms with Crippen LogP contribution >= 0.6 is 23.2 Å². The van der Waals surface area contributed by atoms with Crippen LogP contribution in [0.2, 0.25) is 10.0 Å². The zero-order chi connectivity index (χ0) is 12.3. The molecular formula is C13H16Cl2O. The van der Waals surface area contributed by atoms with E-state index < -0.39 is 0 Å². The van der Waals surface area contributed by atoms with Crippen LogP contribution in [0.1, 0.15) is 32.8 Å². The molecule has 0 spiro atoms. The lowest BCUT2D eigenvalue weighted by Crippen LogP contribution is -2.14. The van der Waals surface area contributed by atoms with E-state index in [0.717, 1.165) is 5.56 Å². The maximum Gasteiger partial charge on any atom is 0.137 e. The van der Waals surface area contributed by atoms with Gasteiger partial charge in [-0.25, -0.2) is 0 Å². The molecule has 0 radical (unpaired) electrons. The Kier molecular flexibility index (Phi) is 4.40. The molecule has 1 rings (SSSR count). The van der Waals surface area contributed by atoms with Crippen LogP contribution in [-0.2, 0) is 11.2 Å². The van der Waals surface area contributed by atoms with Gasteiger partial charge in [0.05, 0.1) is 10.0 Å². The fourth-order valence-corrected chi connectivity index (χ4v) is 1.94. The fraction of sp³-hybridized carbons (Fsp3) is 0.462. The molecule has 0 aliphatic carbocycles. The average molecular weight is 259 g/mol. The molecule has 0 bridgehead atoms. The summed E-state index contributed by atoms with van der Waals surface area (Å²) in [5.41, 5.74) is 0.825. The number of Topliss-reactive ketones (excluding diaryl/α,β-unsaturated/α-hetero) is 1. The normalized spacial score (nSPS) is 11.6. The second-order valence-electron chi connectivity index (χ2n) is 5.17. The standard InChI is InChI=1S/C13H16Cl2O/c1-13(2,3)8-10(16)7-9-5-4-6-11(14)12(9)15/h4-6H,7-8H2,1-3H3. The van der Waals surface area contributed by atoms with Crippen molar-refractivity contribution < 1.29 is 4.79 Å². The SMILES string of the molecule is CC(C)(C)CC(=O)Cc1cccc(Cl)c1Cl. The van der Waals surface area contributed by atoms with E-state index in [-0.39, 0.29) is 11.2 Å². The summed E-state index contributed by atoms with van der Waals surface area (Å²) >= 11 is 11.9. The van der Waals surface area contributed by atoms with Gasteiger partial charge in [0.15, 0.2) is 0 Å². The molecule has 0 aliphatic rings. The minimum absolute atomic E-state index is 0.0160. The molecule has 0 saturated carbocycles. The van der Waals surface area contributed by atoms with Crippen LogP contribution in [0.5, 0.6) is 0 Å². The molecule has 16 heavy (non-hydrogen) atoms. The third-order valence-corrected chi connectivity index (χ3v) is 3.00. The van der Waals surface area contributed by atoms with Crippen molar-refractivity contribution >= 4 is 29.0 Å². The minimum Gasteiger partial charge on any atom is -0.299 e. The number of carbonyl (C=O) groups excluding carboxylic acids is 1. The molecule has 0 atom stereocenters. The van der Waals surface area contributed by atoms with Crippen molar-refractivity contribution in [2.45, 2.75) is 33.6 Å². The molecule has 0 aromatic heterocycles. The van der Waals surface area contributed by atoms with Gasteiger partial charge in [0.2, 0.25) is 0 Å². The molecule has 0 unspecified atom stereocenters. The monoisotopic (exact) mass is 258 g/mol. The maximum atomic E-state index is 11.8. The molecule has 88 valence electrons. The Hall–Kier alpha value is -0.530. The maximum absolute atomic E-state index is 11.8. The van der Waals surface area contributed by atoms with E-state index in [4.69, 9.17) is 23.2 Å². The van der Waals surface area contributed by atoms with Crippen LogP contribution in [0.15, 0.2) is 18.2 Å². The molecule has 1 aromatic carbocycles. The lowest BCUT2D eigenvalue weighted by atomic mass is 9.88. The van der Waals surface area contributed by atoms with Crippen molar-refractivity contribution in [3.05, 3.63) is 33.8 Å². The zero-order valence-electron chi connectivity index (χ0n) is 9.81. The van der Waals surface area contributed by atoms with Gasteiger partial charge in [-0.15, -0.1) is 0 Å². The van der Waals surface area contributed by atoms with Gasteiger partial charge in [-0.1, -0.05) is 56.1 Å². The van der Waals surface area contributed by atoms with Crippen LogP contribution in [-0.4, -0.2) is 5.78 Å². The number of ketones is 1. The summed E-state index contributed by atoms with van der Waals surface area (Å²) < 4.78 is 0. The van der Waals surface area contributed by atoms with Gasteiger partial charge in [-0.2, -0.15) is 0 Å². The number of halogens is 2. The molecule has 0 aliphatic heterocycles. The van der Waals surface area contributed by atoms with Crippen LogP contribution in [0.4, 0.5) is 0 Å². The van der Waals surface area contributed by atoms with Crippen molar-refractivity contribution in [3.8, 4) is 0 Å². The van der Waals surface area contributed by atoms with Gasteiger partial charge in [0, 0.05) is 12.8 Å². The first-order valence-electron chi connectivity index (χ1n) is 5.24. The quantitative estimate of drug-likeness (QED) is 0.778. The van der Waals surface area contributed by atoms with E-state index in [0.29, 0.717) is 22.9 Å². The van der Waals surface area contributed by atoms with Gasteiger partial charge in [-0.05, 0) is 17.0 Å². The molecular weight excluding hydrogens is 243 g/mol. The Labute approximate surface area is 107 Å². The van der Waals surface area contributed by atoms with Gasteiger partial charge >= 0.3 is 0 Å². The Morgan fingerprint density at radius 1 is 1.25 bits per heavy atom. The summed E-state index contributed by atoms with van der Waals surface area (Å²) in [6.45, 7) is 6.14. The van der Waals surface area contributed by atoms with E-state index in [1.165, 1.54) is 0 Å². The summed E-state index contributed by atoms with van der Waals surface area (Å²) in [5, 5.41) is 0.995. The van der Waals surface area contributed by atoms with E-state index in [2.05, 4.69) is 0 Å². The Morgan fingerprint density at radius 3 is 2.44 bits per heavy atom. The molecule has 0 fully saturated rings. The van der Waals surface area contributed by atoms with Crippen molar-refractivity contribution in [2.24, 2.45) is 5.41 Å². The van der Waals surface area contributed by atoms with Gasteiger partial charge in [-0.3, -0.25) is 4.79 Å². The second kappa shape index (κ2) is 5.20. The van der Waals surface area contributed by atoms with E-state index in [9.17, 15) is 4.79 Å². The fourth-order valence-electron chi connectivity index (χ4n) is 1.55. The highest BCUT2D eigenvalue weighted by Gasteiger charge is 2.17. The Bertz CT molecular complexity index is 391. The average Bonchev–Trinajstić information content (AvgIpc) is 2.09. The summed E-state index contributed by atoms with van der Waals surface area (Å²) in [6, 6.07) is 5.38. The second-order valence-corrected chi connectivity index (χ2v) is 5.95. The predicted octanol–water partition coefficient (Wildman–Crippen LogP) is 4.54. The lowest BCUT2D eigenvalue weighted by Gasteiger charge is -2.16. The lowest BCUT2D eigenvalue weighted by molar-refractivity contribution is -0.120. The highest BCUT2D eigenvalue weighted by molar-refractivity contribution is 6.42. The molecule has 1 nitrogen and oxygen atoms in total. The van der Waals surface area contributed by atoms with Gasteiger partial charge in [0.25, 0.3) is 0 Å². The van der Waals surface area contributed by atoms with Crippen LogP contribution in [0.3, 0.4) is 0 Å². The van der Waals surface area contributed by atoms with Crippen molar-refractivity contribution in [2.75, 3.05) is 0 Å². The Balaban J connectivity index is 2.74. The topological polar surface area (TPSA) is 17.1 Å². The summed E-state index contributed by atoms with van der Waals surface area (Å²) in [5.74, 6) is 0.191. The third kappa shape index (κ3) is 4.15. The summed E-state index contributed by atoms with van der Waals surface area (Å²) in [7, 11) is 0. The van der Waals surface area contributed by atoms with Crippen LogP contribution in [0, 0.1) is 5.41 Å². The van der Waals surface area contributed by atoms with Crippen LogP contribution in [0.25, 0.3) is 0 Å². The van der Waals surface area contributed by atoms with E-state index in [1.54, 1.807) is 6.07 Å². The number of rotatable bonds is 3. The van der Waals surface area contributed by atoms with Crippen molar-refractivity contribution in [1.29, 1.82) is 0 Å². The number of benzene rings is 1. The Morgan fingerprint density at radius 2 is 1.88 bits per heavy atom. The molecule has 0 saturated heterocycles. The van der Waals surface area contributed by atoms with Crippen molar-refractivity contribution in [1.82, 2.24) is 0 Å². The smallest absolute Gasteiger partial charge is 0.137 e. The molecule has 0 amide bonds. The zero-order valence-corrected chi connectivity index (χ0v) is 11.3. The van der Waals surface area contributed by atoms with E-state index >= 15 is 0 Å². The van der Waals surface area contributed by atoms with Crippen molar-refractivity contribution in [3.63, 3.8) is 0 Å². The first kappa shape index (κ1) is 13.5. The first-order valence-corrected chi connectivity index (χ1v) is 6.00. The highest BCUT2D eigenvalue weighted by Crippen LogP contribution is 2.27. The highest BCUT2D eigenvalue weighted by atomic mass is 35.5. The summed E-state index contributed by atoms with van der Waals surface area (Å²) in [4.78, 5) is 11.8. The number of hydrogen-bond donors (Lipinski definition) is 0. The first-order chi connectivity index (χ1) is 7.29. The van der Waals surface area contributed by atoms with Gasteiger partial charge < -0.3 is 0 Å². The minimum atomic E-state index is 0.0160. The third-order valence-electron chi connectivity index (χ3n) is 2.15. The molecule has 0 heterocycles. The molecule has 3 heteroatoms. The number of carbonyl (C=O) groups is 1. The van der Waals surface area contributed by atoms with E-state index in [1.807, 2.05) is 32.9 Å². The van der Waals surface area contributed by atoms with Gasteiger partial charge in [0.1, 0.15) is 5.78 Å². The predicted molar refractivity (Wildman–Crippen MR) is 69.2 cm³/mol.